The third kappa shape index (κ3) is 0.982. The molecule has 1 unspecified atom stereocenters. The van der Waals surface area contributed by atoms with E-state index >= 15 is 0 Å². The van der Waals surface area contributed by atoms with Crippen molar-refractivity contribution in [3.05, 3.63) is 29.3 Å². The van der Waals surface area contributed by atoms with E-state index in [2.05, 4.69) is 5.32 Å². The largest absolute Gasteiger partial charge is 0.399 e. The number of benzene rings is 1. The number of rotatable bonds is 0. The second-order valence-corrected chi connectivity index (χ2v) is 2.74. The molecule has 4 N–H and O–H groups in total. The van der Waals surface area contributed by atoms with Crippen LogP contribution in [-0.4, -0.2) is 5.11 Å². The first-order valence-electron chi connectivity index (χ1n) is 3.57. The lowest BCUT2D eigenvalue weighted by atomic mass is 10.1. The van der Waals surface area contributed by atoms with Crippen molar-refractivity contribution in [2.45, 2.75) is 12.8 Å². The van der Waals surface area contributed by atoms with Crippen molar-refractivity contribution in [2.75, 3.05) is 5.73 Å². The van der Waals surface area contributed by atoms with Crippen LogP contribution in [0, 0.1) is 0 Å². The van der Waals surface area contributed by atoms with Crippen LogP contribution in [0.15, 0.2) is 18.2 Å². The fourth-order valence-corrected chi connectivity index (χ4v) is 1.36. The molecule has 1 heterocycles. The van der Waals surface area contributed by atoms with Crippen molar-refractivity contribution in [3.63, 3.8) is 0 Å². The van der Waals surface area contributed by atoms with Crippen LogP contribution in [0.5, 0.6) is 0 Å². The van der Waals surface area contributed by atoms with Gasteiger partial charge in [-0.05, 0) is 23.3 Å². The summed E-state index contributed by atoms with van der Waals surface area (Å²) in [4.78, 5) is 0. The van der Waals surface area contributed by atoms with E-state index < -0.39 is 6.23 Å². The lowest BCUT2D eigenvalue weighted by Crippen LogP contribution is -2.09. The van der Waals surface area contributed by atoms with Gasteiger partial charge in [0.05, 0.1) is 0 Å². The third-order valence-corrected chi connectivity index (χ3v) is 1.95. The molecule has 0 aromatic heterocycles. The van der Waals surface area contributed by atoms with Gasteiger partial charge in [-0.25, -0.2) is 0 Å². The number of nitrogens with two attached hydrogens (primary N) is 1. The highest BCUT2D eigenvalue weighted by atomic mass is 16.3. The van der Waals surface area contributed by atoms with E-state index in [4.69, 9.17) is 5.73 Å². The standard InChI is InChI=1S/C8H10N2O/c9-6-1-2-7-5(3-6)4-10-8(7)11/h1-3,8,10-11H,4,9H2. The molecular weight excluding hydrogens is 140 g/mol. The van der Waals surface area contributed by atoms with Crippen molar-refractivity contribution in [1.29, 1.82) is 0 Å². The number of anilines is 1. The first-order valence-corrected chi connectivity index (χ1v) is 3.57. The van der Waals surface area contributed by atoms with Gasteiger partial charge in [0.15, 0.2) is 0 Å². The Morgan fingerprint density at radius 3 is 3.18 bits per heavy atom. The zero-order valence-electron chi connectivity index (χ0n) is 6.04. The molecule has 0 spiro atoms. The fourth-order valence-electron chi connectivity index (χ4n) is 1.36. The summed E-state index contributed by atoms with van der Waals surface area (Å²) in [7, 11) is 0. The van der Waals surface area contributed by atoms with E-state index in [0.29, 0.717) is 6.54 Å². The Kier molecular flexibility index (Phi) is 1.34. The predicted molar refractivity (Wildman–Crippen MR) is 42.7 cm³/mol. The molecular formula is C8H10N2O. The minimum atomic E-state index is -0.509. The molecule has 1 atom stereocenters. The van der Waals surface area contributed by atoms with Gasteiger partial charge in [-0.15, -0.1) is 0 Å². The number of aliphatic hydroxyl groups excluding tert-OH is 1. The van der Waals surface area contributed by atoms with Gasteiger partial charge < -0.3 is 10.8 Å². The molecule has 2 rings (SSSR count). The molecule has 0 saturated carbocycles. The molecule has 1 aliphatic rings. The van der Waals surface area contributed by atoms with Gasteiger partial charge in [0, 0.05) is 12.2 Å². The summed E-state index contributed by atoms with van der Waals surface area (Å²) < 4.78 is 0. The lowest BCUT2D eigenvalue weighted by molar-refractivity contribution is 0.151. The van der Waals surface area contributed by atoms with Gasteiger partial charge in [0.2, 0.25) is 0 Å². The van der Waals surface area contributed by atoms with Crippen LogP contribution in [0.1, 0.15) is 17.4 Å². The van der Waals surface area contributed by atoms with Crippen LogP contribution >= 0.6 is 0 Å². The Morgan fingerprint density at radius 1 is 1.55 bits per heavy atom. The molecule has 1 aromatic rings. The van der Waals surface area contributed by atoms with Gasteiger partial charge in [-0.3, -0.25) is 5.32 Å². The van der Waals surface area contributed by atoms with Gasteiger partial charge in [-0.1, -0.05) is 6.07 Å². The number of hydrogen-bond acceptors (Lipinski definition) is 3. The number of nitrogen functional groups attached to an aromatic ring is 1. The monoisotopic (exact) mass is 150 g/mol. The lowest BCUT2D eigenvalue weighted by Gasteiger charge is -2.02. The Hall–Kier alpha value is -1.06. The van der Waals surface area contributed by atoms with Crippen molar-refractivity contribution >= 4 is 5.69 Å². The average Bonchev–Trinajstić information content (AvgIpc) is 2.32. The van der Waals surface area contributed by atoms with Crippen LogP contribution in [-0.2, 0) is 6.54 Å². The summed E-state index contributed by atoms with van der Waals surface area (Å²) in [5.74, 6) is 0. The Bertz CT molecular complexity index is 285. The maximum atomic E-state index is 9.32. The highest BCUT2D eigenvalue weighted by Crippen LogP contribution is 2.24. The van der Waals surface area contributed by atoms with Crippen molar-refractivity contribution < 1.29 is 5.11 Å². The van der Waals surface area contributed by atoms with Crippen LogP contribution in [0.25, 0.3) is 0 Å². The SMILES string of the molecule is Nc1ccc2c(c1)CNC2O. The number of aliphatic hydroxyl groups is 1. The van der Waals surface area contributed by atoms with E-state index in [1.54, 1.807) is 6.07 Å². The Morgan fingerprint density at radius 2 is 2.36 bits per heavy atom. The summed E-state index contributed by atoms with van der Waals surface area (Å²) in [6, 6.07) is 5.54. The van der Waals surface area contributed by atoms with Crippen molar-refractivity contribution in [1.82, 2.24) is 5.32 Å². The third-order valence-electron chi connectivity index (χ3n) is 1.95. The summed E-state index contributed by atoms with van der Waals surface area (Å²) in [5.41, 5.74) is 8.36. The maximum Gasteiger partial charge on any atom is 0.131 e. The van der Waals surface area contributed by atoms with Crippen molar-refractivity contribution in [3.8, 4) is 0 Å². The van der Waals surface area contributed by atoms with Gasteiger partial charge in [0.1, 0.15) is 6.23 Å². The van der Waals surface area contributed by atoms with Crippen molar-refractivity contribution in [2.24, 2.45) is 0 Å². The van der Waals surface area contributed by atoms with E-state index in [1.807, 2.05) is 12.1 Å². The molecule has 3 heteroatoms. The van der Waals surface area contributed by atoms with Crippen LogP contribution in [0.4, 0.5) is 5.69 Å². The minimum absolute atomic E-state index is 0.509. The smallest absolute Gasteiger partial charge is 0.131 e. The highest BCUT2D eigenvalue weighted by Gasteiger charge is 2.18. The first-order chi connectivity index (χ1) is 5.27. The topological polar surface area (TPSA) is 58.3 Å². The van der Waals surface area contributed by atoms with Crippen LogP contribution in [0.3, 0.4) is 0 Å². The normalized spacial score (nSPS) is 21.7. The summed E-state index contributed by atoms with van der Waals surface area (Å²) in [6.07, 6.45) is -0.509. The molecule has 0 radical (unpaired) electrons. The predicted octanol–water partition coefficient (Wildman–Crippen LogP) is 0.363. The molecule has 0 fully saturated rings. The Labute approximate surface area is 64.8 Å². The second-order valence-electron chi connectivity index (χ2n) is 2.74. The molecule has 1 aliphatic heterocycles. The zero-order chi connectivity index (χ0) is 7.84. The van der Waals surface area contributed by atoms with E-state index in [9.17, 15) is 5.11 Å². The zero-order valence-corrected chi connectivity index (χ0v) is 6.04. The van der Waals surface area contributed by atoms with Crippen LogP contribution in [0.2, 0.25) is 0 Å². The Balaban J connectivity index is 2.50. The van der Waals surface area contributed by atoms with Crippen LogP contribution < -0.4 is 11.1 Å². The molecule has 58 valence electrons. The number of hydrogen-bond donors (Lipinski definition) is 3. The fraction of sp³-hybridized carbons (Fsp3) is 0.250. The minimum Gasteiger partial charge on any atom is -0.399 e. The molecule has 1 aromatic carbocycles. The summed E-state index contributed by atoms with van der Waals surface area (Å²) >= 11 is 0. The molecule has 11 heavy (non-hydrogen) atoms. The van der Waals surface area contributed by atoms with Gasteiger partial charge >= 0.3 is 0 Å². The highest BCUT2D eigenvalue weighted by molar-refractivity contribution is 5.46. The van der Waals surface area contributed by atoms with E-state index in [0.717, 1.165) is 16.8 Å². The number of fused-ring (bicyclic) bond motifs is 1. The molecule has 0 amide bonds. The van der Waals surface area contributed by atoms with E-state index in [-0.39, 0.29) is 0 Å². The second kappa shape index (κ2) is 2.22. The van der Waals surface area contributed by atoms with Gasteiger partial charge in [-0.2, -0.15) is 0 Å². The summed E-state index contributed by atoms with van der Waals surface area (Å²) in [6.45, 7) is 0.710. The molecule has 0 bridgehead atoms. The number of nitrogens with one attached hydrogen (secondary N) is 1. The maximum absolute atomic E-state index is 9.32. The molecule has 3 nitrogen and oxygen atoms in total. The molecule has 0 saturated heterocycles. The first kappa shape index (κ1) is 6.64. The quantitative estimate of drug-likeness (QED) is 0.468. The molecule has 0 aliphatic carbocycles. The summed E-state index contributed by atoms with van der Waals surface area (Å²) in [5, 5.41) is 12.2. The van der Waals surface area contributed by atoms with Gasteiger partial charge in [0.25, 0.3) is 0 Å². The van der Waals surface area contributed by atoms with E-state index in [1.165, 1.54) is 0 Å². The average molecular weight is 150 g/mol.